The van der Waals surface area contributed by atoms with Crippen molar-refractivity contribution in [1.29, 1.82) is 0 Å². The van der Waals surface area contributed by atoms with E-state index >= 15 is 0 Å². The van der Waals surface area contributed by atoms with E-state index in [1.54, 1.807) is 24.3 Å². The van der Waals surface area contributed by atoms with Crippen LogP contribution in [0.25, 0.3) is 11.2 Å². The number of ether oxygens (including phenoxy) is 2. The zero-order valence-electron chi connectivity index (χ0n) is 22.0. The highest BCUT2D eigenvalue weighted by atomic mass is 16.6. The third-order valence-corrected chi connectivity index (χ3v) is 6.24. The Labute approximate surface area is 240 Å². The summed E-state index contributed by atoms with van der Waals surface area (Å²) < 4.78 is 11.6. The maximum absolute atomic E-state index is 13.6. The van der Waals surface area contributed by atoms with Crippen LogP contribution in [0.4, 0.5) is 26.9 Å². The number of hydrogen-bond donors (Lipinski definition) is 2. The summed E-state index contributed by atoms with van der Waals surface area (Å²) in [5.41, 5.74) is 3.11. The summed E-state index contributed by atoms with van der Waals surface area (Å²) in [4.78, 5) is 43.4. The van der Waals surface area contributed by atoms with E-state index in [2.05, 4.69) is 31.6 Å². The van der Waals surface area contributed by atoms with Gasteiger partial charge < -0.3 is 14.5 Å². The van der Waals surface area contributed by atoms with Gasteiger partial charge in [0.2, 0.25) is 5.95 Å². The smallest absolute Gasteiger partial charge is 0.425 e. The van der Waals surface area contributed by atoms with Crippen LogP contribution in [0, 0.1) is 6.33 Å². The van der Waals surface area contributed by atoms with Gasteiger partial charge in [0.25, 0.3) is 5.88 Å². The monoisotopic (exact) mass is 555 g/mol. The lowest BCUT2D eigenvalue weighted by molar-refractivity contribution is 0.131. The number of amides is 2. The SMILES string of the molecule is O=C(Nc1nc(OC(=O)N(c2ccccc2)c2ccccc2)c2[nH][c]nc2n1)OC(c1ccccc1)c1ccccc1. The number of aromatic nitrogens is 4. The van der Waals surface area contributed by atoms with Crippen LogP contribution in [0.1, 0.15) is 17.2 Å². The van der Waals surface area contributed by atoms with E-state index in [-0.39, 0.29) is 23.0 Å². The van der Waals surface area contributed by atoms with Crippen LogP contribution in [-0.4, -0.2) is 32.1 Å². The summed E-state index contributed by atoms with van der Waals surface area (Å²) in [6.07, 6.45) is 0.351. The van der Waals surface area contributed by atoms with E-state index in [9.17, 15) is 9.59 Å². The maximum atomic E-state index is 13.6. The molecule has 0 saturated heterocycles. The molecule has 0 aliphatic carbocycles. The van der Waals surface area contributed by atoms with E-state index in [1.807, 2.05) is 97.1 Å². The van der Waals surface area contributed by atoms with E-state index < -0.39 is 18.3 Å². The minimum Gasteiger partial charge on any atom is -0.436 e. The van der Waals surface area contributed by atoms with E-state index in [4.69, 9.17) is 9.47 Å². The first kappa shape index (κ1) is 26.2. The first-order chi connectivity index (χ1) is 20.7. The van der Waals surface area contributed by atoms with E-state index in [0.717, 1.165) is 11.1 Å². The van der Waals surface area contributed by atoms with E-state index in [1.165, 1.54) is 4.90 Å². The average molecular weight is 556 g/mol. The second kappa shape index (κ2) is 12.0. The molecule has 10 heteroatoms. The number of rotatable bonds is 7. The summed E-state index contributed by atoms with van der Waals surface area (Å²) in [6.45, 7) is 0. The van der Waals surface area contributed by atoms with Crippen LogP contribution in [-0.2, 0) is 4.74 Å². The molecule has 2 amide bonds. The molecule has 42 heavy (non-hydrogen) atoms. The lowest BCUT2D eigenvalue weighted by Crippen LogP contribution is -2.29. The fourth-order valence-electron chi connectivity index (χ4n) is 4.34. The molecule has 0 fully saturated rings. The van der Waals surface area contributed by atoms with Crippen molar-refractivity contribution in [3.05, 3.63) is 139 Å². The zero-order valence-corrected chi connectivity index (χ0v) is 22.0. The van der Waals surface area contributed by atoms with Gasteiger partial charge in [-0.25, -0.2) is 19.5 Å². The van der Waals surface area contributed by atoms with Crippen molar-refractivity contribution in [2.45, 2.75) is 6.10 Å². The van der Waals surface area contributed by atoms with Crippen molar-refractivity contribution in [2.75, 3.05) is 10.2 Å². The minimum atomic E-state index is -0.806. The Hall–Kier alpha value is -6.03. The highest BCUT2D eigenvalue weighted by Crippen LogP contribution is 2.29. The Morgan fingerprint density at radius 3 is 1.81 bits per heavy atom. The average Bonchev–Trinajstić information content (AvgIpc) is 3.51. The third kappa shape index (κ3) is 5.77. The molecule has 0 aliphatic heterocycles. The van der Waals surface area contributed by atoms with Gasteiger partial charge in [-0.3, -0.25) is 5.32 Å². The summed E-state index contributed by atoms with van der Waals surface area (Å²) >= 11 is 0. The van der Waals surface area contributed by atoms with Gasteiger partial charge in [-0.15, -0.1) is 0 Å². The quantitative estimate of drug-likeness (QED) is 0.221. The van der Waals surface area contributed by atoms with Crippen molar-refractivity contribution >= 4 is 40.7 Å². The Morgan fingerprint density at radius 2 is 1.26 bits per heavy atom. The summed E-state index contributed by atoms with van der Waals surface area (Å²) in [7, 11) is 0. The highest BCUT2D eigenvalue weighted by Gasteiger charge is 2.24. The number of carbonyl (C=O) groups is 2. The van der Waals surface area contributed by atoms with Gasteiger partial charge in [-0.2, -0.15) is 9.97 Å². The molecule has 4 aromatic carbocycles. The molecule has 2 N–H and O–H groups in total. The van der Waals surface area contributed by atoms with Gasteiger partial charge >= 0.3 is 12.2 Å². The molecule has 2 heterocycles. The first-order valence-corrected chi connectivity index (χ1v) is 13.0. The summed E-state index contributed by atoms with van der Waals surface area (Å²) in [5, 5.41) is 2.54. The molecule has 6 aromatic rings. The van der Waals surface area contributed by atoms with Crippen LogP contribution < -0.4 is 15.0 Å². The Balaban J connectivity index is 1.27. The van der Waals surface area contributed by atoms with Crippen LogP contribution in [0.3, 0.4) is 0 Å². The summed E-state index contributed by atoms with van der Waals surface area (Å²) in [6, 6.07) is 36.8. The van der Waals surface area contributed by atoms with Crippen molar-refractivity contribution < 1.29 is 19.1 Å². The van der Waals surface area contributed by atoms with Gasteiger partial charge in [0, 0.05) is 0 Å². The number of hydrogen-bond acceptors (Lipinski definition) is 7. The molecular formula is C32H23N6O4. The van der Waals surface area contributed by atoms with Gasteiger partial charge in [-0.1, -0.05) is 97.1 Å². The lowest BCUT2D eigenvalue weighted by atomic mass is 10.0. The number of aromatic amines is 1. The minimum absolute atomic E-state index is 0.136. The van der Waals surface area contributed by atoms with Crippen molar-refractivity contribution in [3.63, 3.8) is 0 Å². The maximum Gasteiger partial charge on any atom is 0.425 e. The molecule has 10 nitrogen and oxygen atoms in total. The second-order valence-corrected chi connectivity index (χ2v) is 9.01. The van der Waals surface area contributed by atoms with Gasteiger partial charge in [0.15, 0.2) is 18.1 Å². The zero-order chi connectivity index (χ0) is 28.7. The molecule has 6 rings (SSSR count). The molecule has 205 valence electrons. The highest BCUT2D eigenvalue weighted by molar-refractivity contribution is 5.98. The largest absolute Gasteiger partial charge is 0.436 e. The first-order valence-electron chi connectivity index (χ1n) is 13.0. The Bertz CT molecular complexity index is 1720. The molecule has 0 saturated carbocycles. The van der Waals surface area contributed by atoms with Crippen molar-refractivity contribution in [1.82, 2.24) is 19.9 Å². The number of para-hydroxylation sites is 2. The molecule has 0 spiro atoms. The molecular weight excluding hydrogens is 532 g/mol. The summed E-state index contributed by atoms with van der Waals surface area (Å²) in [5.74, 6) is -0.310. The predicted octanol–water partition coefficient (Wildman–Crippen LogP) is 6.83. The van der Waals surface area contributed by atoms with Crippen LogP contribution in [0.2, 0.25) is 0 Å². The third-order valence-electron chi connectivity index (χ3n) is 6.24. The van der Waals surface area contributed by atoms with Gasteiger partial charge in [0.1, 0.15) is 5.52 Å². The molecule has 0 atom stereocenters. The second-order valence-electron chi connectivity index (χ2n) is 9.01. The number of benzene rings is 4. The lowest BCUT2D eigenvalue weighted by Gasteiger charge is -2.22. The predicted molar refractivity (Wildman–Crippen MR) is 156 cm³/mol. The van der Waals surface area contributed by atoms with Gasteiger partial charge in [0.05, 0.1) is 11.4 Å². The standard InChI is InChI=1S/C32H23N6O4/c39-31(41-27(22-13-5-1-6-14-22)23-15-7-2-8-16-23)37-30-35-28-26(33-21-34-28)29(36-30)42-32(40)38(24-17-9-3-10-18-24)25-19-11-4-12-20-25/h1-20,27H,(H2,33,34,35,36,37,39). The normalized spacial score (nSPS) is 10.8. The van der Waals surface area contributed by atoms with Gasteiger partial charge in [-0.05, 0) is 35.4 Å². The van der Waals surface area contributed by atoms with E-state index in [0.29, 0.717) is 11.4 Å². The number of anilines is 3. The molecule has 0 aliphatic rings. The number of H-pyrrole nitrogens is 1. The molecule has 0 unspecified atom stereocenters. The number of nitrogens with zero attached hydrogens (tertiary/aromatic N) is 4. The molecule has 1 radical (unpaired) electrons. The molecule has 0 bridgehead atoms. The van der Waals surface area contributed by atoms with Crippen LogP contribution in [0.5, 0.6) is 5.88 Å². The number of nitrogens with one attached hydrogen (secondary N) is 2. The number of fused-ring (bicyclic) bond motifs is 1. The van der Waals surface area contributed by atoms with Crippen molar-refractivity contribution in [3.8, 4) is 5.88 Å². The van der Waals surface area contributed by atoms with Crippen LogP contribution in [0.15, 0.2) is 121 Å². The Kier molecular flexibility index (Phi) is 7.49. The molecule has 2 aromatic heterocycles. The number of imidazole rings is 1. The number of carbonyl (C=O) groups excluding carboxylic acids is 2. The van der Waals surface area contributed by atoms with Crippen LogP contribution >= 0.6 is 0 Å². The fourth-order valence-corrected chi connectivity index (χ4v) is 4.34. The fraction of sp³-hybridized carbons (Fsp3) is 0.0312. The Morgan fingerprint density at radius 1 is 0.738 bits per heavy atom. The van der Waals surface area contributed by atoms with Crippen molar-refractivity contribution in [2.24, 2.45) is 0 Å². The topological polar surface area (TPSA) is 122 Å².